The fourth-order valence-electron chi connectivity index (χ4n) is 2.89. The first-order chi connectivity index (χ1) is 10.9. The molecule has 1 aliphatic rings. The van der Waals surface area contributed by atoms with Gasteiger partial charge < -0.3 is 9.47 Å². The molecule has 2 aromatic heterocycles. The third-order valence-corrected chi connectivity index (χ3v) is 5.00. The summed E-state index contributed by atoms with van der Waals surface area (Å²) in [6.07, 6.45) is 0. The summed E-state index contributed by atoms with van der Waals surface area (Å²) >= 11 is 1.43. The number of thiazole rings is 1. The molecule has 124 valence electrons. The van der Waals surface area contributed by atoms with Gasteiger partial charge in [0.2, 0.25) is 0 Å². The largest absolute Gasteiger partial charge is 0.327 e. The molecule has 0 unspecified atom stereocenters. The van der Waals surface area contributed by atoms with Gasteiger partial charge in [-0.05, 0) is 12.8 Å². The fraction of sp³-hybridized carbons (Fsp3) is 0.625. The van der Waals surface area contributed by atoms with Crippen molar-refractivity contribution in [3.63, 3.8) is 0 Å². The molecule has 0 N–H and O–H groups in total. The van der Waals surface area contributed by atoms with E-state index in [4.69, 9.17) is 0 Å². The van der Waals surface area contributed by atoms with Crippen molar-refractivity contribution in [1.29, 1.82) is 0 Å². The minimum Gasteiger partial charge on any atom is -0.327 e. The van der Waals surface area contributed by atoms with Gasteiger partial charge in [0.25, 0.3) is 5.91 Å². The Labute approximate surface area is 140 Å². The molecule has 3 rings (SSSR count). The average Bonchev–Trinajstić information content (AvgIpc) is 3.13. The minimum atomic E-state index is -0.00547. The van der Waals surface area contributed by atoms with Crippen LogP contribution in [0.15, 0.2) is 5.38 Å². The van der Waals surface area contributed by atoms with Gasteiger partial charge in [-0.2, -0.15) is 0 Å². The summed E-state index contributed by atoms with van der Waals surface area (Å²) in [5, 5.41) is 11.1. The van der Waals surface area contributed by atoms with Crippen molar-refractivity contribution in [3.05, 3.63) is 27.7 Å². The monoisotopic (exact) mass is 333 g/mol. The second-order valence-corrected chi connectivity index (χ2v) is 7.62. The summed E-state index contributed by atoms with van der Waals surface area (Å²) in [7, 11) is 0. The zero-order valence-corrected chi connectivity index (χ0v) is 15.1. The van der Waals surface area contributed by atoms with Crippen molar-refractivity contribution in [1.82, 2.24) is 24.6 Å². The molecule has 0 aliphatic carbocycles. The summed E-state index contributed by atoms with van der Waals surface area (Å²) in [5.41, 5.74) is 0.980. The first-order valence-corrected chi connectivity index (χ1v) is 8.94. The van der Waals surface area contributed by atoms with Gasteiger partial charge >= 0.3 is 0 Å². The Morgan fingerprint density at radius 1 is 1.26 bits per heavy atom. The second kappa shape index (κ2) is 6.03. The van der Waals surface area contributed by atoms with Crippen LogP contribution >= 0.6 is 11.3 Å². The molecule has 0 spiro atoms. The molecule has 1 atom stereocenters. The number of rotatable bonds is 3. The lowest BCUT2D eigenvalue weighted by Crippen LogP contribution is -2.40. The Hall–Kier alpha value is -1.76. The van der Waals surface area contributed by atoms with E-state index in [0.717, 1.165) is 17.3 Å². The maximum atomic E-state index is 12.7. The van der Waals surface area contributed by atoms with Gasteiger partial charge in [-0.25, -0.2) is 4.98 Å². The zero-order valence-electron chi connectivity index (χ0n) is 14.3. The normalized spacial score (nSPS) is 17.9. The van der Waals surface area contributed by atoms with E-state index in [0.29, 0.717) is 29.9 Å². The van der Waals surface area contributed by atoms with Gasteiger partial charge in [-0.3, -0.25) is 4.79 Å². The lowest BCUT2D eigenvalue weighted by Gasteiger charge is -2.32. The number of hydrogen-bond acceptors (Lipinski definition) is 5. The van der Waals surface area contributed by atoms with Crippen LogP contribution in [0.2, 0.25) is 0 Å². The van der Waals surface area contributed by atoms with Crippen LogP contribution in [0.5, 0.6) is 0 Å². The van der Waals surface area contributed by atoms with Crippen molar-refractivity contribution >= 4 is 17.2 Å². The van der Waals surface area contributed by atoms with E-state index in [1.807, 2.05) is 10.3 Å². The maximum Gasteiger partial charge on any atom is 0.283 e. The number of nitrogens with zero attached hydrogens (tertiary/aromatic N) is 5. The van der Waals surface area contributed by atoms with Crippen LogP contribution in [0.3, 0.4) is 0 Å². The lowest BCUT2D eigenvalue weighted by molar-refractivity contribution is 0.0678. The molecule has 0 fully saturated rings. The molecule has 1 amide bonds. The highest BCUT2D eigenvalue weighted by Crippen LogP contribution is 2.27. The van der Waals surface area contributed by atoms with E-state index in [9.17, 15) is 4.79 Å². The predicted octanol–water partition coefficient (Wildman–Crippen LogP) is 3.20. The van der Waals surface area contributed by atoms with Gasteiger partial charge in [0, 0.05) is 17.8 Å². The fourth-order valence-corrected chi connectivity index (χ4v) is 3.84. The first-order valence-electron chi connectivity index (χ1n) is 8.06. The molecular weight excluding hydrogens is 310 g/mol. The van der Waals surface area contributed by atoms with Crippen LogP contribution in [0, 0.1) is 0 Å². The third kappa shape index (κ3) is 2.89. The Kier molecular flexibility index (Phi) is 4.23. The van der Waals surface area contributed by atoms with E-state index < -0.39 is 0 Å². The van der Waals surface area contributed by atoms with Crippen LogP contribution < -0.4 is 0 Å². The minimum absolute atomic E-state index is 0.00547. The van der Waals surface area contributed by atoms with Gasteiger partial charge in [0.05, 0.1) is 18.3 Å². The summed E-state index contributed by atoms with van der Waals surface area (Å²) < 4.78 is 2.18. The van der Waals surface area contributed by atoms with E-state index in [1.54, 1.807) is 0 Å². The molecule has 0 aromatic carbocycles. The third-order valence-electron chi connectivity index (χ3n) is 4.15. The summed E-state index contributed by atoms with van der Waals surface area (Å²) in [4.78, 5) is 19.1. The quantitative estimate of drug-likeness (QED) is 0.865. The predicted molar refractivity (Wildman–Crippen MR) is 89.8 cm³/mol. The average molecular weight is 333 g/mol. The Bertz CT molecular complexity index is 718. The topological polar surface area (TPSA) is 63.9 Å². The van der Waals surface area contributed by atoms with Crippen LogP contribution in [-0.4, -0.2) is 37.1 Å². The van der Waals surface area contributed by atoms with Crippen molar-refractivity contribution in [2.75, 3.05) is 6.54 Å². The van der Waals surface area contributed by atoms with E-state index in [1.165, 1.54) is 11.3 Å². The van der Waals surface area contributed by atoms with E-state index >= 15 is 0 Å². The first kappa shape index (κ1) is 16.1. The van der Waals surface area contributed by atoms with E-state index in [-0.39, 0.29) is 11.9 Å². The summed E-state index contributed by atoms with van der Waals surface area (Å²) in [5.74, 6) is 2.52. The van der Waals surface area contributed by atoms with Gasteiger partial charge in [0.15, 0.2) is 10.8 Å². The number of fused-ring (bicyclic) bond motifs is 1. The molecule has 23 heavy (non-hydrogen) atoms. The molecule has 0 bridgehead atoms. The SMILES string of the molecule is CC(C)c1csc(C(=O)N2Cc3nnc(C(C)C)n3[C@@H](C)C2)n1. The van der Waals surface area contributed by atoms with Crippen LogP contribution in [0.4, 0.5) is 0 Å². The van der Waals surface area contributed by atoms with Crippen molar-refractivity contribution < 1.29 is 4.79 Å². The molecule has 6 nitrogen and oxygen atoms in total. The van der Waals surface area contributed by atoms with Crippen LogP contribution in [0.1, 0.15) is 79.6 Å². The van der Waals surface area contributed by atoms with Gasteiger partial charge in [-0.1, -0.05) is 27.7 Å². The van der Waals surface area contributed by atoms with Gasteiger partial charge in [0.1, 0.15) is 5.82 Å². The Balaban J connectivity index is 1.83. The second-order valence-electron chi connectivity index (χ2n) is 6.77. The number of carbonyl (C=O) groups is 1. The highest BCUT2D eigenvalue weighted by Gasteiger charge is 2.31. The lowest BCUT2D eigenvalue weighted by atomic mass is 10.1. The molecule has 3 heterocycles. The maximum absolute atomic E-state index is 12.7. The van der Waals surface area contributed by atoms with E-state index in [2.05, 4.69) is 54.4 Å². The van der Waals surface area contributed by atoms with Crippen molar-refractivity contribution in [2.24, 2.45) is 0 Å². The standard InChI is InChI=1S/C16H23N5OS/c1-9(2)12-8-23-15(17-12)16(22)20-6-11(5)21-13(7-20)18-19-14(21)10(3)4/h8-11H,6-7H2,1-5H3/t11-/m0/s1. The molecule has 0 radical (unpaired) electrons. The molecule has 2 aromatic rings. The molecule has 1 aliphatic heterocycles. The smallest absolute Gasteiger partial charge is 0.283 e. The van der Waals surface area contributed by atoms with Crippen molar-refractivity contribution in [3.8, 4) is 0 Å². The van der Waals surface area contributed by atoms with Crippen molar-refractivity contribution in [2.45, 2.75) is 59.0 Å². The number of aromatic nitrogens is 4. The van der Waals surface area contributed by atoms with Gasteiger partial charge in [-0.15, -0.1) is 21.5 Å². The summed E-state index contributed by atoms with van der Waals surface area (Å²) in [6.45, 7) is 11.7. The van der Waals surface area contributed by atoms with Crippen LogP contribution in [-0.2, 0) is 6.54 Å². The number of carbonyl (C=O) groups excluding carboxylic acids is 1. The zero-order chi connectivity index (χ0) is 16.7. The highest BCUT2D eigenvalue weighted by atomic mass is 32.1. The Morgan fingerprint density at radius 3 is 2.61 bits per heavy atom. The number of hydrogen-bond donors (Lipinski definition) is 0. The van der Waals surface area contributed by atoms with Crippen LogP contribution in [0.25, 0.3) is 0 Å². The highest BCUT2D eigenvalue weighted by molar-refractivity contribution is 7.11. The Morgan fingerprint density at radius 2 is 2.00 bits per heavy atom. The molecule has 7 heteroatoms. The summed E-state index contributed by atoms with van der Waals surface area (Å²) in [6, 6.07) is 0.180. The molecule has 0 saturated carbocycles. The molecular formula is C16H23N5OS. The molecule has 0 saturated heterocycles. The number of amides is 1.